The molecule has 1 unspecified atom stereocenters. The second kappa shape index (κ2) is 7.82. The SMILES string of the molecule is CCCCC(CC(C)C)Oc1cccc(C(=O)O)c1. The summed E-state index contributed by atoms with van der Waals surface area (Å²) in [7, 11) is 0. The molecular weight excluding hydrogens is 240 g/mol. The van der Waals surface area contributed by atoms with Crippen molar-refractivity contribution in [3.63, 3.8) is 0 Å². The van der Waals surface area contributed by atoms with Gasteiger partial charge in [0.25, 0.3) is 0 Å². The Kier molecular flexibility index (Phi) is 6.40. The minimum Gasteiger partial charge on any atom is -0.490 e. The summed E-state index contributed by atoms with van der Waals surface area (Å²) in [6.07, 6.45) is 4.47. The molecule has 0 aliphatic rings. The Hall–Kier alpha value is -1.51. The molecule has 3 heteroatoms. The van der Waals surface area contributed by atoms with E-state index in [1.807, 2.05) is 6.07 Å². The molecule has 0 saturated heterocycles. The van der Waals surface area contributed by atoms with E-state index in [4.69, 9.17) is 9.84 Å². The molecule has 0 heterocycles. The molecule has 3 nitrogen and oxygen atoms in total. The first-order valence-corrected chi connectivity index (χ1v) is 7.03. The Morgan fingerprint density at radius 1 is 1.37 bits per heavy atom. The second-order valence-electron chi connectivity index (χ2n) is 5.34. The number of carbonyl (C=O) groups is 1. The summed E-state index contributed by atoms with van der Waals surface area (Å²) in [6, 6.07) is 6.73. The van der Waals surface area contributed by atoms with E-state index in [1.54, 1.807) is 18.2 Å². The molecule has 1 rings (SSSR count). The van der Waals surface area contributed by atoms with Gasteiger partial charge in [-0.25, -0.2) is 4.79 Å². The highest BCUT2D eigenvalue weighted by Crippen LogP contribution is 2.20. The van der Waals surface area contributed by atoms with Gasteiger partial charge in [0.05, 0.1) is 11.7 Å². The Morgan fingerprint density at radius 2 is 2.11 bits per heavy atom. The molecule has 106 valence electrons. The van der Waals surface area contributed by atoms with Gasteiger partial charge in [-0.15, -0.1) is 0 Å². The maximum absolute atomic E-state index is 10.9. The fourth-order valence-corrected chi connectivity index (χ4v) is 2.08. The van der Waals surface area contributed by atoms with E-state index in [9.17, 15) is 4.79 Å². The summed E-state index contributed by atoms with van der Waals surface area (Å²) < 4.78 is 5.95. The lowest BCUT2D eigenvalue weighted by molar-refractivity contribution is 0.0695. The zero-order valence-corrected chi connectivity index (χ0v) is 12.1. The van der Waals surface area contributed by atoms with Gasteiger partial charge < -0.3 is 9.84 Å². The summed E-state index contributed by atoms with van der Waals surface area (Å²) in [5.41, 5.74) is 0.274. The van der Waals surface area contributed by atoms with E-state index in [1.165, 1.54) is 0 Å². The lowest BCUT2D eigenvalue weighted by Gasteiger charge is -2.21. The molecule has 0 saturated carbocycles. The van der Waals surface area contributed by atoms with Gasteiger partial charge >= 0.3 is 5.97 Å². The van der Waals surface area contributed by atoms with Gasteiger partial charge in [-0.2, -0.15) is 0 Å². The summed E-state index contributed by atoms with van der Waals surface area (Å²) in [6.45, 7) is 6.52. The van der Waals surface area contributed by atoms with Gasteiger partial charge in [-0.3, -0.25) is 0 Å². The van der Waals surface area contributed by atoms with E-state index < -0.39 is 5.97 Å². The lowest BCUT2D eigenvalue weighted by Crippen LogP contribution is -2.19. The molecule has 0 bridgehead atoms. The molecule has 0 aromatic heterocycles. The van der Waals surface area contributed by atoms with Crippen molar-refractivity contribution in [2.75, 3.05) is 0 Å². The van der Waals surface area contributed by atoms with Crippen molar-refractivity contribution in [2.45, 2.75) is 52.6 Å². The summed E-state index contributed by atoms with van der Waals surface area (Å²) >= 11 is 0. The van der Waals surface area contributed by atoms with Gasteiger partial charge in [0.1, 0.15) is 5.75 Å². The van der Waals surface area contributed by atoms with Crippen LogP contribution in [0.2, 0.25) is 0 Å². The van der Waals surface area contributed by atoms with E-state index in [2.05, 4.69) is 20.8 Å². The highest BCUT2D eigenvalue weighted by Gasteiger charge is 2.13. The molecule has 1 aromatic rings. The van der Waals surface area contributed by atoms with Crippen LogP contribution in [0.5, 0.6) is 5.75 Å². The number of unbranched alkanes of at least 4 members (excludes halogenated alkanes) is 1. The third-order valence-corrected chi connectivity index (χ3v) is 3.00. The minimum atomic E-state index is -0.917. The summed E-state index contributed by atoms with van der Waals surface area (Å²) in [4.78, 5) is 10.9. The average molecular weight is 264 g/mol. The Balaban J connectivity index is 2.71. The predicted octanol–water partition coefficient (Wildman–Crippen LogP) is 4.37. The molecule has 0 aliphatic carbocycles. The smallest absolute Gasteiger partial charge is 0.335 e. The van der Waals surface area contributed by atoms with Crippen LogP contribution in [-0.2, 0) is 0 Å². The van der Waals surface area contributed by atoms with Crippen molar-refractivity contribution < 1.29 is 14.6 Å². The topological polar surface area (TPSA) is 46.5 Å². The number of ether oxygens (including phenoxy) is 1. The van der Waals surface area contributed by atoms with Crippen LogP contribution in [0.15, 0.2) is 24.3 Å². The number of rotatable bonds is 8. The lowest BCUT2D eigenvalue weighted by atomic mass is 10.0. The van der Waals surface area contributed by atoms with E-state index >= 15 is 0 Å². The highest BCUT2D eigenvalue weighted by atomic mass is 16.5. The third-order valence-electron chi connectivity index (χ3n) is 3.00. The van der Waals surface area contributed by atoms with Crippen LogP contribution < -0.4 is 4.74 Å². The number of carboxylic acids is 1. The van der Waals surface area contributed by atoms with Crippen molar-refractivity contribution in [1.82, 2.24) is 0 Å². The van der Waals surface area contributed by atoms with Crippen molar-refractivity contribution in [3.05, 3.63) is 29.8 Å². The first-order chi connectivity index (χ1) is 9.02. The number of benzene rings is 1. The third kappa shape index (κ3) is 5.77. The Bertz CT molecular complexity index is 399. The van der Waals surface area contributed by atoms with Crippen LogP contribution in [0.1, 0.15) is 56.8 Å². The molecular formula is C16H24O3. The van der Waals surface area contributed by atoms with Crippen LogP contribution in [0.3, 0.4) is 0 Å². The molecule has 19 heavy (non-hydrogen) atoms. The molecule has 0 fully saturated rings. The van der Waals surface area contributed by atoms with E-state index in [0.29, 0.717) is 11.7 Å². The van der Waals surface area contributed by atoms with Crippen LogP contribution >= 0.6 is 0 Å². The van der Waals surface area contributed by atoms with Crippen LogP contribution in [-0.4, -0.2) is 17.2 Å². The maximum Gasteiger partial charge on any atom is 0.335 e. The Labute approximate surface area is 115 Å². The van der Waals surface area contributed by atoms with E-state index in [-0.39, 0.29) is 11.7 Å². The van der Waals surface area contributed by atoms with Crippen molar-refractivity contribution in [3.8, 4) is 5.75 Å². The number of carboxylic acid groups (broad SMARTS) is 1. The predicted molar refractivity (Wildman–Crippen MR) is 76.8 cm³/mol. The molecule has 1 aromatic carbocycles. The number of hydrogen-bond donors (Lipinski definition) is 1. The van der Waals surface area contributed by atoms with Gasteiger partial charge in [0, 0.05) is 0 Å². The van der Waals surface area contributed by atoms with Gasteiger partial charge in [0.15, 0.2) is 0 Å². The normalized spacial score (nSPS) is 12.4. The molecule has 0 aliphatic heterocycles. The monoisotopic (exact) mass is 264 g/mol. The van der Waals surface area contributed by atoms with Crippen LogP contribution in [0.4, 0.5) is 0 Å². The zero-order valence-electron chi connectivity index (χ0n) is 12.1. The minimum absolute atomic E-state index is 0.170. The molecule has 1 N–H and O–H groups in total. The molecule has 0 amide bonds. The standard InChI is InChI=1S/C16H24O3/c1-4-5-8-14(10-12(2)3)19-15-9-6-7-13(11-15)16(17)18/h6-7,9,11-12,14H,4-5,8,10H2,1-3H3,(H,17,18). The van der Waals surface area contributed by atoms with Gasteiger partial charge in [-0.1, -0.05) is 39.7 Å². The zero-order chi connectivity index (χ0) is 14.3. The summed E-state index contributed by atoms with van der Waals surface area (Å²) in [5, 5.41) is 8.97. The van der Waals surface area contributed by atoms with E-state index in [0.717, 1.165) is 25.7 Å². The van der Waals surface area contributed by atoms with Crippen molar-refractivity contribution >= 4 is 5.97 Å². The van der Waals surface area contributed by atoms with Gasteiger partial charge in [0.2, 0.25) is 0 Å². The number of aromatic carboxylic acids is 1. The van der Waals surface area contributed by atoms with Crippen molar-refractivity contribution in [2.24, 2.45) is 5.92 Å². The molecule has 0 radical (unpaired) electrons. The molecule has 0 spiro atoms. The van der Waals surface area contributed by atoms with Crippen LogP contribution in [0.25, 0.3) is 0 Å². The van der Waals surface area contributed by atoms with Gasteiger partial charge in [-0.05, 0) is 37.0 Å². The summed E-state index contributed by atoms with van der Waals surface area (Å²) in [5.74, 6) is 0.311. The van der Waals surface area contributed by atoms with Crippen LogP contribution in [0, 0.1) is 5.92 Å². The largest absolute Gasteiger partial charge is 0.490 e. The maximum atomic E-state index is 10.9. The molecule has 1 atom stereocenters. The quantitative estimate of drug-likeness (QED) is 0.758. The number of hydrogen-bond acceptors (Lipinski definition) is 2. The first-order valence-electron chi connectivity index (χ1n) is 7.03. The Morgan fingerprint density at radius 3 is 2.68 bits per heavy atom. The second-order valence-corrected chi connectivity index (χ2v) is 5.34. The average Bonchev–Trinajstić information content (AvgIpc) is 2.35. The first kappa shape index (κ1) is 15.5. The highest BCUT2D eigenvalue weighted by molar-refractivity contribution is 5.87. The fraction of sp³-hybridized carbons (Fsp3) is 0.562. The van der Waals surface area contributed by atoms with Crippen molar-refractivity contribution in [1.29, 1.82) is 0 Å². The fourth-order valence-electron chi connectivity index (χ4n) is 2.08.